The maximum absolute atomic E-state index is 13.5. The third-order valence-electron chi connectivity index (χ3n) is 6.08. The van der Waals surface area contributed by atoms with Crippen LogP contribution in [-0.2, 0) is 16.1 Å². The van der Waals surface area contributed by atoms with E-state index in [0.29, 0.717) is 28.6 Å². The molecule has 2 amide bonds. The fourth-order valence-electron chi connectivity index (χ4n) is 4.22. The highest BCUT2D eigenvalue weighted by molar-refractivity contribution is 5.98. The Labute approximate surface area is 208 Å². The molecule has 3 aromatic rings. The van der Waals surface area contributed by atoms with Gasteiger partial charge in [0.25, 0.3) is 5.91 Å². The van der Waals surface area contributed by atoms with Gasteiger partial charge in [-0.3, -0.25) is 9.59 Å². The van der Waals surface area contributed by atoms with Gasteiger partial charge in [0.15, 0.2) is 11.5 Å². The SMILES string of the molecule is COc1ccc(-c2nnn(CC(=O)N(CC(=O)NC3CCCCC3)c3ccc(F)cc3)n2)cc1OC. The summed E-state index contributed by atoms with van der Waals surface area (Å²) in [5.74, 6) is 0.232. The number of halogens is 1. The number of nitrogens with one attached hydrogen (secondary N) is 1. The zero-order valence-electron chi connectivity index (χ0n) is 20.3. The number of hydrogen-bond donors (Lipinski definition) is 1. The number of ether oxygens (including phenoxy) is 2. The second-order valence-electron chi connectivity index (χ2n) is 8.57. The number of methoxy groups -OCH3 is 2. The lowest BCUT2D eigenvalue weighted by atomic mass is 9.95. The van der Waals surface area contributed by atoms with Gasteiger partial charge in [0.1, 0.15) is 18.9 Å². The van der Waals surface area contributed by atoms with Gasteiger partial charge in [0.2, 0.25) is 11.7 Å². The molecule has 1 saturated carbocycles. The van der Waals surface area contributed by atoms with Gasteiger partial charge in [-0.1, -0.05) is 19.3 Å². The summed E-state index contributed by atoms with van der Waals surface area (Å²) >= 11 is 0. The molecule has 1 aromatic heterocycles. The van der Waals surface area contributed by atoms with E-state index in [1.165, 1.54) is 42.7 Å². The maximum atomic E-state index is 13.5. The van der Waals surface area contributed by atoms with Gasteiger partial charge in [0, 0.05) is 17.3 Å². The molecule has 0 radical (unpaired) electrons. The van der Waals surface area contributed by atoms with Gasteiger partial charge in [0.05, 0.1) is 14.2 Å². The maximum Gasteiger partial charge on any atom is 0.251 e. The quantitative estimate of drug-likeness (QED) is 0.485. The average molecular weight is 497 g/mol. The highest BCUT2D eigenvalue weighted by Crippen LogP contribution is 2.30. The van der Waals surface area contributed by atoms with Crippen LogP contribution in [0.5, 0.6) is 11.5 Å². The van der Waals surface area contributed by atoms with E-state index < -0.39 is 11.7 Å². The fraction of sp³-hybridized carbons (Fsp3) is 0.400. The van der Waals surface area contributed by atoms with Crippen LogP contribution in [0.25, 0.3) is 11.4 Å². The lowest BCUT2D eigenvalue weighted by molar-refractivity contribution is -0.124. The van der Waals surface area contributed by atoms with E-state index in [9.17, 15) is 14.0 Å². The molecule has 0 aliphatic heterocycles. The summed E-state index contributed by atoms with van der Waals surface area (Å²) in [6.45, 7) is -0.452. The zero-order chi connectivity index (χ0) is 25.5. The van der Waals surface area contributed by atoms with E-state index in [4.69, 9.17) is 9.47 Å². The first kappa shape index (κ1) is 25.1. The Kier molecular flexibility index (Phi) is 8.09. The number of nitrogens with zero attached hydrogens (tertiary/aromatic N) is 5. The lowest BCUT2D eigenvalue weighted by Crippen LogP contribution is -2.46. The molecule has 0 saturated heterocycles. The number of carbonyl (C=O) groups is 2. The molecule has 1 fully saturated rings. The van der Waals surface area contributed by atoms with Crippen molar-refractivity contribution in [1.29, 1.82) is 0 Å². The Morgan fingerprint density at radius 1 is 1.06 bits per heavy atom. The molecular formula is C25H29FN6O4. The monoisotopic (exact) mass is 496 g/mol. The standard InChI is InChI=1S/C25H29FN6O4/c1-35-21-13-8-17(14-22(21)36-2)25-28-30-32(29-25)16-24(34)31(20-11-9-18(26)10-12-20)15-23(33)27-19-6-4-3-5-7-19/h8-14,19H,3-7,15-16H2,1-2H3,(H,27,33). The highest BCUT2D eigenvalue weighted by atomic mass is 19.1. The number of benzene rings is 2. The summed E-state index contributed by atoms with van der Waals surface area (Å²) in [7, 11) is 3.07. The van der Waals surface area contributed by atoms with Crippen molar-refractivity contribution >= 4 is 17.5 Å². The second kappa shape index (κ2) is 11.6. The average Bonchev–Trinajstić information content (AvgIpc) is 3.36. The topological polar surface area (TPSA) is 111 Å². The summed E-state index contributed by atoms with van der Waals surface area (Å²) in [6.07, 6.45) is 5.18. The Morgan fingerprint density at radius 3 is 2.47 bits per heavy atom. The summed E-state index contributed by atoms with van der Waals surface area (Å²) in [5, 5.41) is 15.3. The fourth-order valence-corrected chi connectivity index (χ4v) is 4.22. The molecule has 10 nitrogen and oxygen atoms in total. The van der Waals surface area contributed by atoms with Crippen LogP contribution < -0.4 is 19.7 Å². The third-order valence-corrected chi connectivity index (χ3v) is 6.08. The molecule has 0 bridgehead atoms. The van der Waals surface area contributed by atoms with Gasteiger partial charge in [-0.2, -0.15) is 4.80 Å². The Bertz CT molecular complexity index is 1190. The molecule has 2 aromatic carbocycles. The molecule has 1 aliphatic rings. The Hall–Kier alpha value is -4.02. The first-order valence-corrected chi connectivity index (χ1v) is 11.8. The predicted molar refractivity (Wildman–Crippen MR) is 130 cm³/mol. The van der Waals surface area contributed by atoms with Crippen molar-refractivity contribution in [2.75, 3.05) is 25.7 Å². The van der Waals surface area contributed by atoms with Crippen LogP contribution in [0.4, 0.5) is 10.1 Å². The van der Waals surface area contributed by atoms with E-state index in [1.807, 2.05) is 0 Å². The van der Waals surface area contributed by atoms with Crippen molar-refractivity contribution < 1.29 is 23.5 Å². The number of anilines is 1. The van der Waals surface area contributed by atoms with Crippen molar-refractivity contribution in [2.45, 2.75) is 44.7 Å². The Balaban J connectivity index is 1.49. The predicted octanol–water partition coefficient (Wildman–Crippen LogP) is 2.98. The molecule has 0 unspecified atom stereocenters. The summed E-state index contributed by atoms with van der Waals surface area (Å²) < 4.78 is 24.1. The highest BCUT2D eigenvalue weighted by Gasteiger charge is 2.23. The van der Waals surface area contributed by atoms with Crippen LogP contribution in [0.3, 0.4) is 0 Å². The van der Waals surface area contributed by atoms with Crippen molar-refractivity contribution in [3.63, 3.8) is 0 Å². The third kappa shape index (κ3) is 6.15. The molecule has 190 valence electrons. The van der Waals surface area contributed by atoms with Crippen LogP contribution in [-0.4, -0.2) is 58.8 Å². The first-order chi connectivity index (χ1) is 17.5. The van der Waals surface area contributed by atoms with Gasteiger partial charge < -0.3 is 19.7 Å². The molecule has 36 heavy (non-hydrogen) atoms. The largest absolute Gasteiger partial charge is 0.493 e. The molecule has 1 N–H and O–H groups in total. The first-order valence-electron chi connectivity index (χ1n) is 11.8. The van der Waals surface area contributed by atoms with Crippen LogP contribution >= 0.6 is 0 Å². The van der Waals surface area contributed by atoms with Gasteiger partial charge in [-0.15, -0.1) is 10.2 Å². The molecule has 0 spiro atoms. The van der Waals surface area contributed by atoms with Gasteiger partial charge >= 0.3 is 0 Å². The summed E-state index contributed by atoms with van der Waals surface area (Å²) in [4.78, 5) is 28.5. The smallest absolute Gasteiger partial charge is 0.251 e. The number of hydrogen-bond acceptors (Lipinski definition) is 7. The van der Waals surface area contributed by atoms with Crippen molar-refractivity contribution in [2.24, 2.45) is 0 Å². The molecule has 4 rings (SSSR count). The number of amides is 2. The van der Waals surface area contributed by atoms with Crippen molar-refractivity contribution in [3.05, 3.63) is 48.3 Å². The minimum Gasteiger partial charge on any atom is -0.493 e. The summed E-state index contributed by atoms with van der Waals surface area (Å²) in [5.41, 5.74) is 1.04. The van der Waals surface area contributed by atoms with Crippen LogP contribution in [0.15, 0.2) is 42.5 Å². The van der Waals surface area contributed by atoms with E-state index in [-0.39, 0.29) is 25.0 Å². The zero-order valence-corrected chi connectivity index (χ0v) is 20.3. The lowest BCUT2D eigenvalue weighted by Gasteiger charge is -2.26. The Morgan fingerprint density at radius 2 is 1.78 bits per heavy atom. The van der Waals surface area contributed by atoms with Crippen molar-refractivity contribution in [3.8, 4) is 22.9 Å². The number of aromatic nitrogens is 4. The summed E-state index contributed by atoms with van der Waals surface area (Å²) in [6, 6.07) is 10.7. The van der Waals surface area contributed by atoms with Crippen LogP contribution in [0.1, 0.15) is 32.1 Å². The molecular weight excluding hydrogens is 467 g/mol. The van der Waals surface area contributed by atoms with E-state index in [1.54, 1.807) is 25.3 Å². The van der Waals surface area contributed by atoms with E-state index in [0.717, 1.165) is 30.5 Å². The molecule has 1 heterocycles. The minimum absolute atomic E-state index is 0.109. The van der Waals surface area contributed by atoms with E-state index in [2.05, 4.69) is 20.7 Å². The molecule has 1 aliphatic carbocycles. The second-order valence-corrected chi connectivity index (χ2v) is 8.57. The molecule has 0 atom stereocenters. The van der Waals surface area contributed by atoms with Crippen molar-refractivity contribution in [1.82, 2.24) is 25.5 Å². The minimum atomic E-state index is -0.435. The van der Waals surface area contributed by atoms with Crippen LogP contribution in [0, 0.1) is 5.82 Å². The number of tetrazole rings is 1. The van der Waals surface area contributed by atoms with Crippen LogP contribution in [0.2, 0.25) is 0 Å². The van der Waals surface area contributed by atoms with Gasteiger partial charge in [-0.25, -0.2) is 4.39 Å². The number of rotatable bonds is 9. The normalized spacial score (nSPS) is 13.8. The molecule has 11 heteroatoms. The van der Waals surface area contributed by atoms with E-state index >= 15 is 0 Å². The van der Waals surface area contributed by atoms with Gasteiger partial charge in [-0.05, 0) is 60.5 Å². The number of carbonyl (C=O) groups excluding carboxylic acids is 2.